The molecule has 144 valence electrons. The number of hydrogen-bond donors (Lipinski definition) is 4. The number of nitrogens with zero attached hydrogens (tertiary/aromatic N) is 2. The summed E-state index contributed by atoms with van der Waals surface area (Å²) in [6, 6.07) is 14.1. The highest BCUT2D eigenvalue weighted by atomic mass is 16.2. The fourth-order valence-corrected chi connectivity index (χ4v) is 2.77. The van der Waals surface area contributed by atoms with E-state index in [1.54, 1.807) is 0 Å². The molecule has 0 aromatic heterocycles. The van der Waals surface area contributed by atoms with E-state index in [9.17, 15) is 9.59 Å². The third-order valence-electron chi connectivity index (χ3n) is 4.12. The molecule has 1 atom stereocenters. The van der Waals surface area contributed by atoms with Crippen LogP contribution < -0.4 is 21.7 Å². The van der Waals surface area contributed by atoms with Gasteiger partial charge in [-0.15, -0.1) is 0 Å². The maximum Gasteiger partial charge on any atom is 0.252 e. The molecule has 0 saturated carbocycles. The van der Waals surface area contributed by atoms with Gasteiger partial charge in [0.25, 0.3) is 5.91 Å². The summed E-state index contributed by atoms with van der Waals surface area (Å²) in [5.41, 5.74) is 9.38. The minimum absolute atomic E-state index is 0.0789. The summed E-state index contributed by atoms with van der Waals surface area (Å²) in [5.74, 6) is -0.514. The molecule has 5 N–H and O–H groups in total. The van der Waals surface area contributed by atoms with Gasteiger partial charge in [0.15, 0.2) is 0 Å². The molecule has 8 heteroatoms. The van der Waals surface area contributed by atoms with Gasteiger partial charge in [0.1, 0.15) is 6.04 Å². The second-order valence-corrected chi connectivity index (χ2v) is 6.52. The average Bonchev–Trinajstić information content (AvgIpc) is 2.97. The summed E-state index contributed by atoms with van der Waals surface area (Å²) in [7, 11) is 0. The number of nitrogens with two attached hydrogens (primary N) is 1. The fourth-order valence-electron chi connectivity index (χ4n) is 2.77. The number of carbonyl (C=O) groups is 2. The van der Waals surface area contributed by atoms with Gasteiger partial charge in [-0.25, -0.2) is 4.99 Å². The van der Waals surface area contributed by atoms with Gasteiger partial charge in [0, 0.05) is 11.4 Å². The highest BCUT2D eigenvalue weighted by Gasteiger charge is 2.28. The first-order valence-corrected chi connectivity index (χ1v) is 8.83. The summed E-state index contributed by atoms with van der Waals surface area (Å²) in [6.45, 7) is 3.90. The monoisotopic (exact) mass is 378 g/mol. The predicted octanol–water partition coefficient (Wildman–Crippen LogP) is 1.91. The van der Waals surface area contributed by atoms with Gasteiger partial charge in [-0.2, -0.15) is 4.99 Å². The zero-order chi connectivity index (χ0) is 20.1. The molecule has 1 unspecified atom stereocenters. The van der Waals surface area contributed by atoms with Crippen LogP contribution in [-0.2, 0) is 9.59 Å². The first-order chi connectivity index (χ1) is 13.4. The van der Waals surface area contributed by atoms with E-state index in [0.717, 1.165) is 16.8 Å². The molecule has 0 spiro atoms. The highest BCUT2D eigenvalue weighted by Crippen LogP contribution is 2.17. The van der Waals surface area contributed by atoms with Crippen molar-refractivity contribution in [2.75, 3.05) is 10.6 Å². The molecule has 2 aromatic carbocycles. The van der Waals surface area contributed by atoms with Crippen molar-refractivity contribution in [1.82, 2.24) is 5.32 Å². The van der Waals surface area contributed by atoms with Crippen molar-refractivity contribution in [3.63, 3.8) is 0 Å². The molecule has 0 radical (unpaired) electrons. The third-order valence-corrected chi connectivity index (χ3v) is 4.12. The number of aliphatic imine (C=N–C) groups is 2. The van der Waals surface area contributed by atoms with Gasteiger partial charge in [-0.1, -0.05) is 35.9 Å². The number of rotatable bonds is 4. The Balaban J connectivity index is 1.61. The van der Waals surface area contributed by atoms with Gasteiger partial charge in [0.2, 0.25) is 17.8 Å². The zero-order valence-corrected chi connectivity index (χ0v) is 15.7. The van der Waals surface area contributed by atoms with Crippen molar-refractivity contribution in [3.8, 4) is 0 Å². The number of aryl methyl sites for hydroxylation is 2. The Morgan fingerprint density at radius 2 is 1.93 bits per heavy atom. The molecule has 2 amide bonds. The van der Waals surface area contributed by atoms with Crippen LogP contribution in [0.3, 0.4) is 0 Å². The lowest BCUT2D eigenvalue weighted by atomic mass is 10.1. The molecule has 0 aliphatic carbocycles. The standard InChI is InChI=1S/C20H22N6O2/c1-12-8-9-15(13(2)10-12)23-17(27)11-16-18(28)25-20(24-16)26-19(21)22-14-6-4-3-5-7-14/h3-10,16H,11H2,1-2H3,(H,23,27)(H4,21,22,24,25,26,28). The summed E-state index contributed by atoms with van der Waals surface area (Å²) < 4.78 is 0. The summed E-state index contributed by atoms with van der Waals surface area (Å²) >= 11 is 0. The van der Waals surface area contributed by atoms with Gasteiger partial charge < -0.3 is 16.4 Å². The largest absolute Gasteiger partial charge is 0.369 e. The Kier molecular flexibility index (Phi) is 5.69. The van der Waals surface area contributed by atoms with Crippen molar-refractivity contribution in [2.45, 2.75) is 26.3 Å². The lowest BCUT2D eigenvalue weighted by Crippen LogP contribution is -2.32. The number of anilines is 2. The number of carbonyl (C=O) groups excluding carboxylic acids is 2. The van der Waals surface area contributed by atoms with Crippen LogP contribution in [0.1, 0.15) is 17.5 Å². The Morgan fingerprint density at radius 3 is 2.64 bits per heavy atom. The van der Waals surface area contributed by atoms with Gasteiger partial charge in [-0.3, -0.25) is 14.9 Å². The zero-order valence-electron chi connectivity index (χ0n) is 15.7. The van der Waals surface area contributed by atoms with Crippen LogP contribution >= 0.6 is 0 Å². The summed E-state index contributed by atoms with van der Waals surface area (Å²) in [5, 5.41) is 8.24. The molecule has 3 rings (SSSR count). The maximum atomic E-state index is 12.3. The molecule has 8 nitrogen and oxygen atoms in total. The molecular formula is C20H22N6O2. The molecule has 0 fully saturated rings. The van der Waals surface area contributed by atoms with Crippen molar-refractivity contribution < 1.29 is 9.59 Å². The number of para-hydroxylation sites is 1. The van der Waals surface area contributed by atoms with E-state index in [2.05, 4.69) is 25.9 Å². The molecule has 1 aliphatic rings. The smallest absolute Gasteiger partial charge is 0.252 e. The lowest BCUT2D eigenvalue weighted by Gasteiger charge is -2.10. The fraction of sp³-hybridized carbons (Fsp3) is 0.200. The van der Waals surface area contributed by atoms with Crippen molar-refractivity contribution >= 4 is 35.1 Å². The average molecular weight is 378 g/mol. The van der Waals surface area contributed by atoms with Crippen molar-refractivity contribution in [1.29, 1.82) is 0 Å². The van der Waals surface area contributed by atoms with Crippen molar-refractivity contribution in [3.05, 3.63) is 59.7 Å². The first kappa shape index (κ1) is 19.1. The van der Waals surface area contributed by atoms with E-state index in [4.69, 9.17) is 5.73 Å². The first-order valence-electron chi connectivity index (χ1n) is 8.83. The van der Waals surface area contributed by atoms with Crippen LogP contribution in [0.2, 0.25) is 0 Å². The molecule has 28 heavy (non-hydrogen) atoms. The molecule has 1 heterocycles. The third kappa shape index (κ3) is 4.94. The van der Waals surface area contributed by atoms with E-state index in [0.29, 0.717) is 5.69 Å². The molecule has 0 saturated heterocycles. The SMILES string of the molecule is Cc1ccc(NC(=O)CC2N=C(/N=C(\N)Nc3ccccc3)NC2=O)c(C)c1. The molecular weight excluding hydrogens is 356 g/mol. The van der Waals surface area contributed by atoms with E-state index in [1.807, 2.05) is 62.4 Å². The predicted molar refractivity (Wildman–Crippen MR) is 110 cm³/mol. The van der Waals surface area contributed by atoms with Crippen LogP contribution in [-0.4, -0.2) is 29.8 Å². The number of amides is 2. The van der Waals surface area contributed by atoms with Crippen LogP contribution in [0, 0.1) is 13.8 Å². The van der Waals surface area contributed by atoms with E-state index in [1.165, 1.54) is 0 Å². The van der Waals surface area contributed by atoms with Gasteiger partial charge >= 0.3 is 0 Å². The molecule has 2 aromatic rings. The van der Waals surface area contributed by atoms with Crippen LogP contribution in [0.5, 0.6) is 0 Å². The minimum Gasteiger partial charge on any atom is -0.369 e. The number of nitrogens with one attached hydrogen (secondary N) is 3. The topological polar surface area (TPSA) is 121 Å². The Labute approximate surface area is 163 Å². The summed E-state index contributed by atoms with van der Waals surface area (Å²) in [6.07, 6.45) is -0.0792. The van der Waals surface area contributed by atoms with E-state index in [-0.39, 0.29) is 30.2 Å². The Morgan fingerprint density at radius 1 is 1.18 bits per heavy atom. The van der Waals surface area contributed by atoms with E-state index < -0.39 is 6.04 Å². The molecule has 1 aliphatic heterocycles. The minimum atomic E-state index is -0.839. The Hall–Kier alpha value is -3.68. The summed E-state index contributed by atoms with van der Waals surface area (Å²) in [4.78, 5) is 32.6. The van der Waals surface area contributed by atoms with Crippen LogP contribution in [0.25, 0.3) is 0 Å². The van der Waals surface area contributed by atoms with Gasteiger partial charge in [-0.05, 0) is 37.6 Å². The van der Waals surface area contributed by atoms with Crippen molar-refractivity contribution in [2.24, 2.45) is 15.7 Å². The second-order valence-electron chi connectivity index (χ2n) is 6.52. The normalized spacial score (nSPS) is 16.4. The number of hydrogen-bond acceptors (Lipinski definition) is 4. The molecule has 0 bridgehead atoms. The van der Waals surface area contributed by atoms with Crippen LogP contribution in [0.4, 0.5) is 11.4 Å². The Bertz CT molecular complexity index is 952. The number of guanidine groups is 2. The lowest BCUT2D eigenvalue weighted by molar-refractivity contribution is -0.123. The highest BCUT2D eigenvalue weighted by molar-refractivity contribution is 6.11. The maximum absolute atomic E-state index is 12.3. The quantitative estimate of drug-likeness (QED) is 0.480. The van der Waals surface area contributed by atoms with Crippen LogP contribution in [0.15, 0.2) is 58.5 Å². The second kappa shape index (κ2) is 8.34. The number of benzene rings is 2. The van der Waals surface area contributed by atoms with Gasteiger partial charge in [0.05, 0.1) is 6.42 Å². The van der Waals surface area contributed by atoms with E-state index >= 15 is 0 Å².